The van der Waals surface area contributed by atoms with Gasteiger partial charge in [0.2, 0.25) is 0 Å². The zero-order chi connectivity index (χ0) is 16.1. The summed E-state index contributed by atoms with van der Waals surface area (Å²) in [6.45, 7) is 0. The molecule has 112 valence electrons. The van der Waals surface area contributed by atoms with Gasteiger partial charge in [0.1, 0.15) is 22.6 Å². The van der Waals surface area contributed by atoms with Gasteiger partial charge in [0, 0.05) is 0 Å². The third kappa shape index (κ3) is 3.05. The van der Waals surface area contributed by atoms with Crippen molar-refractivity contribution >= 4 is 18.8 Å². The maximum Gasteiger partial charge on any atom is 0.502 e. The Bertz CT molecular complexity index is 677. The van der Waals surface area contributed by atoms with Gasteiger partial charge in [-0.05, 0) is 24.3 Å². The average Bonchev–Trinajstić information content (AvgIpc) is 2.59. The van der Waals surface area contributed by atoms with Gasteiger partial charge in [0.15, 0.2) is 0 Å². The molecule has 0 saturated heterocycles. The summed E-state index contributed by atoms with van der Waals surface area (Å²) in [5, 5.41) is 0. The molecule has 2 aromatic carbocycles. The fraction of sp³-hybridized carbons (Fsp3) is 0.125. The summed E-state index contributed by atoms with van der Waals surface area (Å²) in [7, 11) is 0.0208. The van der Waals surface area contributed by atoms with Gasteiger partial charge in [-0.15, -0.1) is 0 Å². The normalized spacial score (nSPS) is 9.91. The van der Waals surface area contributed by atoms with Gasteiger partial charge in [-0.3, -0.25) is 0 Å². The summed E-state index contributed by atoms with van der Waals surface area (Å²) in [6.07, 6.45) is 0. The largest absolute Gasteiger partial charge is 0.502 e. The second-order valence-corrected chi connectivity index (χ2v) is 5.71. The zero-order valence-corrected chi connectivity index (χ0v) is 13.0. The minimum absolute atomic E-state index is 0.120. The minimum atomic E-state index is -2.79. The molecule has 0 aliphatic heterocycles. The molecular formula is C16H14O5P+. The summed E-state index contributed by atoms with van der Waals surface area (Å²) < 4.78 is 22.4. The van der Waals surface area contributed by atoms with E-state index in [1.807, 2.05) is 0 Å². The Morgan fingerprint density at radius 3 is 1.50 bits per heavy atom. The first kappa shape index (κ1) is 15.9. The lowest BCUT2D eigenvalue weighted by atomic mass is 10.2. The van der Waals surface area contributed by atoms with E-state index in [2.05, 4.69) is 0 Å². The number of hydrogen-bond donors (Lipinski definition) is 0. The van der Waals surface area contributed by atoms with Gasteiger partial charge in [0.05, 0.1) is 14.2 Å². The summed E-state index contributed by atoms with van der Waals surface area (Å²) >= 11 is 0. The van der Waals surface area contributed by atoms with E-state index in [9.17, 15) is 14.2 Å². The number of rotatable bonds is 6. The second-order valence-electron chi connectivity index (χ2n) is 4.31. The first-order valence-electron chi connectivity index (χ1n) is 6.42. The molecule has 0 radical (unpaired) electrons. The molecule has 2 aromatic rings. The van der Waals surface area contributed by atoms with Gasteiger partial charge in [-0.25, -0.2) is 9.59 Å². The zero-order valence-electron chi connectivity index (χ0n) is 12.1. The average molecular weight is 317 g/mol. The van der Waals surface area contributed by atoms with E-state index in [-0.39, 0.29) is 22.6 Å². The molecular weight excluding hydrogens is 303 g/mol. The summed E-state index contributed by atoms with van der Waals surface area (Å²) in [5.41, 5.74) is -1.28. The molecule has 6 heteroatoms. The predicted molar refractivity (Wildman–Crippen MR) is 82.3 cm³/mol. The Morgan fingerprint density at radius 2 is 1.14 bits per heavy atom. The van der Waals surface area contributed by atoms with Crippen LogP contribution >= 0.6 is 7.80 Å². The van der Waals surface area contributed by atoms with E-state index in [4.69, 9.17) is 9.47 Å². The van der Waals surface area contributed by atoms with Crippen LogP contribution < -0.4 is 9.47 Å². The fourth-order valence-electron chi connectivity index (χ4n) is 1.95. The monoisotopic (exact) mass is 317 g/mol. The SMILES string of the molecule is COc1ccccc1C(=O)[P+](=O)C(=O)c1ccccc1OC. The number of carbonyl (C=O) groups is 2. The number of ether oxygens (including phenoxy) is 2. The van der Waals surface area contributed by atoms with Crippen LogP contribution in [0.15, 0.2) is 48.5 Å². The molecule has 0 amide bonds. The Kier molecular flexibility index (Phi) is 5.02. The topological polar surface area (TPSA) is 69.7 Å². The van der Waals surface area contributed by atoms with E-state index >= 15 is 0 Å². The number of hydrogen-bond acceptors (Lipinski definition) is 5. The van der Waals surface area contributed by atoms with E-state index in [0.717, 1.165) is 0 Å². The van der Waals surface area contributed by atoms with Gasteiger partial charge in [-0.1, -0.05) is 28.8 Å². The lowest BCUT2D eigenvalue weighted by Gasteiger charge is -2.03. The van der Waals surface area contributed by atoms with Crippen molar-refractivity contribution in [2.75, 3.05) is 14.2 Å². The summed E-state index contributed by atoms with van der Waals surface area (Å²) in [6, 6.07) is 12.7. The van der Waals surface area contributed by atoms with Crippen LogP contribution in [0.4, 0.5) is 0 Å². The highest BCUT2D eigenvalue weighted by molar-refractivity contribution is 7.80. The van der Waals surface area contributed by atoms with E-state index in [1.165, 1.54) is 26.4 Å². The Labute approximate surface area is 128 Å². The smallest absolute Gasteiger partial charge is 0.496 e. The van der Waals surface area contributed by atoms with Gasteiger partial charge >= 0.3 is 18.8 Å². The van der Waals surface area contributed by atoms with Crippen LogP contribution in [0.5, 0.6) is 11.5 Å². The van der Waals surface area contributed by atoms with Crippen LogP contribution in [0.2, 0.25) is 0 Å². The number of methoxy groups -OCH3 is 2. The summed E-state index contributed by atoms with van der Waals surface area (Å²) in [4.78, 5) is 24.6. The maximum absolute atomic E-state index is 12.3. The highest BCUT2D eigenvalue weighted by Gasteiger charge is 2.42. The molecule has 0 atom stereocenters. The van der Waals surface area contributed by atoms with Crippen molar-refractivity contribution in [2.24, 2.45) is 0 Å². The highest BCUT2D eigenvalue weighted by Crippen LogP contribution is 2.37. The van der Waals surface area contributed by atoms with Gasteiger partial charge < -0.3 is 9.47 Å². The van der Waals surface area contributed by atoms with E-state index < -0.39 is 18.8 Å². The molecule has 5 nitrogen and oxygen atoms in total. The first-order valence-corrected chi connectivity index (χ1v) is 7.68. The quantitative estimate of drug-likeness (QED) is 0.763. The molecule has 0 N–H and O–H groups in total. The molecule has 2 rings (SSSR count). The highest BCUT2D eigenvalue weighted by atomic mass is 31.1. The predicted octanol–water partition coefficient (Wildman–Crippen LogP) is 3.51. The van der Waals surface area contributed by atoms with Crippen molar-refractivity contribution in [1.82, 2.24) is 0 Å². The van der Waals surface area contributed by atoms with Crippen LogP contribution in [-0.4, -0.2) is 25.3 Å². The fourth-order valence-corrected chi connectivity index (χ4v) is 2.95. The van der Waals surface area contributed by atoms with Crippen LogP contribution in [-0.2, 0) is 4.57 Å². The van der Waals surface area contributed by atoms with Crippen molar-refractivity contribution in [3.63, 3.8) is 0 Å². The van der Waals surface area contributed by atoms with Gasteiger partial charge in [0.25, 0.3) is 0 Å². The van der Waals surface area contributed by atoms with E-state index in [1.54, 1.807) is 36.4 Å². The lowest BCUT2D eigenvalue weighted by molar-refractivity contribution is 0.104. The Hall–Kier alpha value is -2.52. The molecule has 0 aromatic heterocycles. The van der Waals surface area contributed by atoms with Crippen LogP contribution in [0.1, 0.15) is 20.7 Å². The van der Waals surface area contributed by atoms with Crippen LogP contribution in [0.3, 0.4) is 0 Å². The third-order valence-electron chi connectivity index (χ3n) is 3.04. The van der Waals surface area contributed by atoms with Crippen molar-refractivity contribution < 1.29 is 23.6 Å². The van der Waals surface area contributed by atoms with Crippen LogP contribution in [0.25, 0.3) is 0 Å². The first-order chi connectivity index (χ1) is 10.6. The molecule has 0 bridgehead atoms. The standard InChI is InChI=1S/C16H14O5P/c1-20-13-9-5-3-7-11(13)15(17)22(19)16(18)12-8-4-6-10-14(12)21-2/h3-10H,1-2H3/q+1. The van der Waals surface area contributed by atoms with Gasteiger partial charge in [-0.2, -0.15) is 0 Å². The molecule has 0 heterocycles. The molecule has 0 aliphatic rings. The number of benzene rings is 2. The number of carbonyl (C=O) groups excluding carboxylic acids is 2. The molecule has 0 saturated carbocycles. The maximum atomic E-state index is 12.3. The number of para-hydroxylation sites is 2. The van der Waals surface area contributed by atoms with Crippen molar-refractivity contribution in [3.8, 4) is 11.5 Å². The summed E-state index contributed by atoms with van der Waals surface area (Å²) in [5.74, 6) is 0.562. The second kappa shape index (κ2) is 6.96. The molecule has 0 aliphatic carbocycles. The van der Waals surface area contributed by atoms with E-state index in [0.29, 0.717) is 0 Å². The third-order valence-corrected chi connectivity index (χ3v) is 4.26. The molecule has 0 fully saturated rings. The van der Waals surface area contributed by atoms with Crippen LogP contribution in [0, 0.1) is 0 Å². The molecule has 22 heavy (non-hydrogen) atoms. The van der Waals surface area contributed by atoms with Crippen molar-refractivity contribution in [1.29, 1.82) is 0 Å². The molecule has 0 spiro atoms. The van der Waals surface area contributed by atoms with Crippen molar-refractivity contribution in [2.45, 2.75) is 0 Å². The minimum Gasteiger partial charge on any atom is -0.496 e. The molecule has 0 unspecified atom stereocenters. The lowest BCUT2D eigenvalue weighted by Crippen LogP contribution is -2.05. The van der Waals surface area contributed by atoms with Crippen molar-refractivity contribution in [3.05, 3.63) is 59.7 Å². The Morgan fingerprint density at radius 1 is 0.773 bits per heavy atom. The Balaban J connectivity index is 2.35.